The van der Waals surface area contributed by atoms with Gasteiger partial charge >= 0.3 is 0 Å². The van der Waals surface area contributed by atoms with Gasteiger partial charge < -0.3 is 0 Å². The van der Waals surface area contributed by atoms with Gasteiger partial charge in [-0.25, -0.2) is 17.4 Å². The fourth-order valence-electron chi connectivity index (χ4n) is 2.68. The molecule has 26 heavy (non-hydrogen) atoms. The lowest BCUT2D eigenvalue weighted by atomic mass is 10.3. The Morgan fingerprint density at radius 3 is 2.50 bits per heavy atom. The number of halogens is 2. The van der Waals surface area contributed by atoms with Gasteiger partial charge in [0.2, 0.25) is 0 Å². The van der Waals surface area contributed by atoms with Crippen LogP contribution in [0.15, 0.2) is 41.3 Å². The third-order valence-corrected chi connectivity index (χ3v) is 6.29. The topological polar surface area (TPSA) is 95.1 Å². The van der Waals surface area contributed by atoms with Crippen LogP contribution >= 0.6 is 23.2 Å². The van der Waals surface area contributed by atoms with Crippen molar-refractivity contribution in [2.75, 3.05) is 0 Å². The van der Waals surface area contributed by atoms with E-state index in [-0.39, 0.29) is 21.4 Å². The molecule has 0 spiro atoms. The van der Waals surface area contributed by atoms with Crippen molar-refractivity contribution in [2.45, 2.75) is 24.7 Å². The number of benzene rings is 2. The van der Waals surface area contributed by atoms with Gasteiger partial charge in [0.25, 0.3) is 15.7 Å². The lowest BCUT2D eigenvalue weighted by molar-refractivity contribution is -0.387. The summed E-state index contributed by atoms with van der Waals surface area (Å²) in [5.41, 5.74) is 0.0721. The summed E-state index contributed by atoms with van der Waals surface area (Å²) in [6.45, 7) is 1.88. The van der Waals surface area contributed by atoms with Gasteiger partial charge in [-0.3, -0.25) is 10.1 Å². The molecular formula is C16H13Cl2N3O4S. The molecule has 10 heteroatoms. The molecule has 0 aliphatic rings. The lowest BCUT2D eigenvalue weighted by Gasteiger charge is -2.10. The van der Waals surface area contributed by atoms with Crippen molar-refractivity contribution in [3.63, 3.8) is 0 Å². The molecule has 0 unspecified atom stereocenters. The zero-order valence-electron chi connectivity index (χ0n) is 13.5. The van der Waals surface area contributed by atoms with Crippen LogP contribution in [0.1, 0.15) is 19.2 Å². The number of nitro benzene ring substituents is 1. The van der Waals surface area contributed by atoms with Crippen LogP contribution in [0, 0.1) is 10.1 Å². The summed E-state index contributed by atoms with van der Waals surface area (Å²) in [6, 6.07) is 8.07. The number of nitrogens with zero attached hydrogens (tertiary/aromatic N) is 3. The Labute approximate surface area is 159 Å². The molecule has 0 radical (unpaired) electrons. The van der Waals surface area contributed by atoms with Crippen molar-refractivity contribution in [1.82, 2.24) is 8.96 Å². The average molecular weight is 414 g/mol. The van der Waals surface area contributed by atoms with Gasteiger partial charge in [-0.2, -0.15) is 0 Å². The Morgan fingerprint density at radius 1 is 1.19 bits per heavy atom. The summed E-state index contributed by atoms with van der Waals surface area (Å²) in [5, 5.41) is 11.7. The predicted molar refractivity (Wildman–Crippen MR) is 99.4 cm³/mol. The first-order valence-corrected chi connectivity index (χ1v) is 9.82. The number of hydrogen-bond donors (Lipinski definition) is 0. The molecule has 0 saturated carbocycles. The van der Waals surface area contributed by atoms with E-state index in [0.29, 0.717) is 18.4 Å². The highest BCUT2D eigenvalue weighted by Gasteiger charge is 2.30. The van der Waals surface area contributed by atoms with Crippen LogP contribution in [-0.2, 0) is 16.4 Å². The van der Waals surface area contributed by atoms with Crippen LogP contribution in [0.4, 0.5) is 5.69 Å². The Bertz CT molecular complexity index is 1130. The highest BCUT2D eigenvalue weighted by molar-refractivity contribution is 7.90. The number of fused-ring (bicyclic) bond motifs is 1. The lowest BCUT2D eigenvalue weighted by Crippen LogP contribution is -2.17. The summed E-state index contributed by atoms with van der Waals surface area (Å²) >= 11 is 12.1. The molecule has 1 heterocycles. The first-order chi connectivity index (χ1) is 12.3. The van der Waals surface area contributed by atoms with Crippen LogP contribution in [0.2, 0.25) is 10.0 Å². The van der Waals surface area contributed by atoms with E-state index in [1.165, 1.54) is 30.3 Å². The van der Waals surface area contributed by atoms with E-state index >= 15 is 0 Å². The Morgan fingerprint density at radius 2 is 1.85 bits per heavy atom. The summed E-state index contributed by atoms with van der Waals surface area (Å²) in [6.07, 6.45) is 1.00. The van der Waals surface area contributed by atoms with Gasteiger partial charge in [-0.05, 0) is 24.6 Å². The summed E-state index contributed by atoms with van der Waals surface area (Å²) in [7, 11) is -4.27. The minimum atomic E-state index is -4.27. The number of aryl methyl sites for hydroxylation is 1. The van der Waals surface area contributed by atoms with Crippen LogP contribution < -0.4 is 0 Å². The third kappa shape index (κ3) is 3.04. The van der Waals surface area contributed by atoms with Gasteiger partial charge in [0.05, 0.1) is 26.0 Å². The monoisotopic (exact) mass is 413 g/mol. The van der Waals surface area contributed by atoms with Crippen molar-refractivity contribution in [3.05, 3.63) is 62.4 Å². The van der Waals surface area contributed by atoms with Crippen LogP contribution in [0.25, 0.3) is 11.0 Å². The van der Waals surface area contributed by atoms with Gasteiger partial charge in [0.15, 0.2) is 4.90 Å². The average Bonchev–Trinajstić information content (AvgIpc) is 2.93. The molecule has 3 aromatic rings. The smallest absolute Gasteiger partial charge is 0.258 e. The Hall–Kier alpha value is -2.16. The van der Waals surface area contributed by atoms with E-state index in [1.54, 1.807) is 0 Å². The second-order valence-corrected chi connectivity index (χ2v) is 8.10. The van der Waals surface area contributed by atoms with E-state index in [9.17, 15) is 18.5 Å². The number of rotatable bonds is 5. The second-order valence-electron chi connectivity index (χ2n) is 5.53. The standard InChI is InChI=1S/C16H13Cl2N3O4S/c1-2-5-16-19-12-8-10(17)11(18)9-14(12)20(16)26(24,25)15-7-4-3-6-13(15)21(22)23/h3-4,6-9H,2,5H2,1H3. The molecule has 0 saturated heterocycles. The summed E-state index contributed by atoms with van der Waals surface area (Å²) in [5.74, 6) is 0.263. The molecular weight excluding hydrogens is 401 g/mol. The predicted octanol–water partition coefficient (Wildman–Crippen LogP) is 4.44. The molecule has 0 N–H and O–H groups in total. The fourth-order valence-corrected chi connectivity index (χ4v) is 4.66. The maximum atomic E-state index is 13.3. The largest absolute Gasteiger partial charge is 0.289 e. The number of para-hydroxylation sites is 1. The SMILES string of the molecule is CCCc1nc2cc(Cl)c(Cl)cc2n1S(=O)(=O)c1ccccc1[N+](=O)[O-]. The maximum Gasteiger partial charge on any atom is 0.289 e. The molecule has 0 amide bonds. The third-order valence-electron chi connectivity index (χ3n) is 3.77. The van der Waals surface area contributed by atoms with E-state index in [4.69, 9.17) is 23.2 Å². The highest BCUT2D eigenvalue weighted by Crippen LogP contribution is 2.33. The molecule has 0 aliphatic heterocycles. The number of aromatic nitrogens is 2. The van der Waals surface area contributed by atoms with Crippen molar-refractivity contribution in [3.8, 4) is 0 Å². The zero-order valence-corrected chi connectivity index (χ0v) is 15.8. The van der Waals surface area contributed by atoms with E-state index in [1.807, 2.05) is 6.92 Å². The Balaban J connectivity index is 2.38. The molecule has 2 aromatic carbocycles. The van der Waals surface area contributed by atoms with Crippen LogP contribution in [0.5, 0.6) is 0 Å². The van der Waals surface area contributed by atoms with Gasteiger partial charge in [-0.1, -0.05) is 42.3 Å². The normalized spacial score (nSPS) is 11.8. The molecule has 3 rings (SSSR count). The molecule has 1 aromatic heterocycles. The zero-order chi connectivity index (χ0) is 19.1. The van der Waals surface area contributed by atoms with Gasteiger partial charge in [-0.15, -0.1) is 0 Å². The highest BCUT2D eigenvalue weighted by atomic mass is 35.5. The maximum absolute atomic E-state index is 13.3. The van der Waals surface area contributed by atoms with Crippen molar-refractivity contribution < 1.29 is 13.3 Å². The molecule has 0 aliphatic carbocycles. The van der Waals surface area contributed by atoms with E-state index in [2.05, 4.69) is 4.98 Å². The fraction of sp³-hybridized carbons (Fsp3) is 0.188. The first kappa shape index (κ1) is 18.6. The summed E-state index contributed by atoms with van der Waals surface area (Å²) in [4.78, 5) is 14.5. The number of nitro groups is 1. The van der Waals surface area contributed by atoms with Crippen molar-refractivity contribution in [1.29, 1.82) is 0 Å². The summed E-state index contributed by atoms with van der Waals surface area (Å²) < 4.78 is 27.5. The van der Waals surface area contributed by atoms with Crippen LogP contribution in [-0.4, -0.2) is 22.3 Å². The number of hydrogen-bond acceptors (Lipinski definition) is 5. The van der Waals surface area contributed by atoms with Crippen molar-refractivity contribution in [2.24, 2.45) is 0 Å². The van der Waals surface area contributed by atoms with E-state index in [0.717, 1.165) is 10.0 Å². The second kappa shape index (κ2) is 6.86. The minimum Gasteiger partial charge on any atom is -0.258 e. The molecule has 136 valence electrons. The van der Waals surface area contributed by atoms with Gasteiger partial charge in [0, 0.05) is 12.5 Å². The van der Waals surface area contributed by atoms with Crippen LogP contribution in [0.3, 0.4) is 0 Å². The minimum absolute atomic E-state index is 0.168. The number of imidazole rings is 1. The van der Waals surface area contributed by atoms with Crippen molar-refractivity contribution >= 4 is 49.9 Å². The Kier molecular flexibility index (Phi) is 4.92. The van der Waals surface area contributed by atoms with E-state index < -0.39 is 25.5 Å². The quantitative estimate of drug-likeness (QED) is 0.454. The molecule has 0 fully saturated rings. The molecule has 7 nitrogen and oxygen atoms in total. The first-order valence-electron chi connectivity index (χ1n) is 7.62. The molecule has 0 atom stereocenters. The molecule has 0 bridgehead atoms. The van der Waals surface area contributed by atoms with Gasteiger partial charge in [0.1, 0.15) is 5.82 Å².